The number of carbonyl (C=O) groups is 2. The minimum atomic E-state index is -0.579. The highest BCUT2D eigenvalue weighted by molar-refractivity contribution is 6.30. The van der Waals surface area contributed by atoms with Crippen molar-refractivity contribution in [1.29, 1.82) is 0 Å². The van der Waals surface area contributed by atoms with Gasteiger partial charge in [0.05, 0.1) is 5.56 Å². The van der Waals surface area contributed by atoms with E-state index in [9.17, 15) is 14.0 Å². The molecule has 2 N–H and O–H groups in total. The highest BCUT2D eigenvalue weighted by atomic mass is 35.5. The first kappa shape index (κ1) is 16.0. The molecule has 2 rings (SSSR count). The summed E-state index contributed by atoms with van der Waals surface area (Å²) in [4.78, 5) is 23.5. The lowest BCUT2D eigenvalue weighted by Gasteiger charge is -2.08. The van der Waals surface area contributed by atoms with Gasteiger partial charge in [-0.05, 0) is 36.4 Å². The smallest absolute Gasteiger partial charge is 0.254 e. The molecule has 114 valence electrons. The minimum Gasteiger partial charge on any atom is -0.350 e. The summed E-state index contributed by atoms with van der Waals surface area (Å²) < 4.78 is 13.4. The Morgan fingerprint density at radius 1 is 0.909 bits per heavy atom. The van der Waals surface area contributed by atoms with Crippen LogP contribution in [0.15, 0.2) is 48.5 Å². The van der Waals surface area contributed by atoms with Crippen LogP contribution < -0.4 is 10.6 Å². The molecule has 0 fully saturated rings. The van der Waals surface area contributed by atoms with Gasteiger partial charge < -0.3 is 10.6 Å². The van der Waals surface area contributed by atoms with Gasteiger partial charge in [0, 0.05) is 23.7 Å². The molecule has 2 amide bonds. The summed E-state index contributed by atoms with van der Waals surface area (Å²) in [7, 11) is 0. The lowest BCUT2D eigenvalue weighted by atomic mass is 10.2. The second-order valence-corrected chi connectivity index (χ2v) is 4.93. The van der Waals surface area contributed by atoms with Crippen molar-refractivity contribution in [2.75, 3.05) is 13.1 Å². The number of hydrogen-bond donors (Lipinski definition) is 2. The molecule has 0 aromatic heterocycles. The largest absolute Gasteiger partial charge is 0.350 e. The third-order valence-corrected chi connectivity index (χ3v) is 3.17. The van der Waals surface area contributed by atoms with Crippen molar-refractivity contribution in [2.45, 2.75) is 0 Å². The van der Waals surface area contributed by atoms with Crippen molar-refractivity contribution in [3.8, 4) is 0 Å². The number of benzene rings is 2. The molecule has 0 bridgehead atoms. The summed E-state index contributed by atoms with van der Waals surface area (Å²) in [5.41, 5.74) is 0.455. The predicted octanol–water partition coefficient (Wildman–Crippen LogP) is 2.64. The summed E-state index contributed by atoms with van der Waals surface area (Å²) in [6, 6.07) is 12.2. The van der Waals surface area contributed by atoms with Gasteiger partial charge in [-0.1, -0.05) is 23.7 Å². The average Bonchev–Trinajstić information content (AvgIpc) is 2.52. The number of halogens is 2. The zero-order valence-electron chi connectivity index (χ0n) is 11.6. The fourth-order valence-corrected chi connectivity index (χ4v) is 1.92. The molecule has 4 nitrogen and oxygen atoms in total. The van der Waals surface area contributed by atoms with Gasteiger partial charge in [0.25, 0.3) is 11.8 Å². The SMILES string of the molecule is O=C(NCCNC(=O)c1ccccc1F)c1ccc(Cl)cc1. The molecule has 0 aliphatic carbocycles. The van der Waals surface area contributed by atoms with Gasteiger partial charge in [-0.25, -0.2) is 4.39 Å². The fourth-order valence-electron chi connectivity index (χ4n) is 1.80. The van der Waals surface area contributed by atoms with E-state index in [1.165, 1.54) is 18.2 Å². The maximum Gasteiger partial charge on any atom is 0.254 e. The maximum absolute atomic E-state index is 13.4. The molecular weight excluding hydrogens is 307 g/mol. The fraction of sp³-hybridized carbons (Fsp3) is 0.125. The zero-order valence-corrected chi connectivity index (χ0v) is 12.4. The van der Waals surface area contributed by atoms with Gasteiger partial charge in [0.2, 0.25) is 0 Å². The molecule has 0 spiro atoms. The van der Waals surface area contributed by atoms with Crippen LogP contribution in [0.4, 0.5) is 4.39 Å². The number of carbonyl (C=O) groups excluding carboxylic acids is 2. The molecule has 2 aromatic carbocycles. The van der Waals surface area contributed by atoms with Crippen molar-refractivity contribution in [2.24, 2.45) is 0 Å². The standard InChI is InChI=1S/C16H14ClFN2O2/c17-12-7-5-11(6-8-12)15(21)19-9-10-20-16(22)13-3-1-2-4-14(13)18/h1-8H,9-10H2,(H,19,21)(H,20,22). The maximum atomic E-state index is 13.4. The number of hydrogen-bond acceptors (Lipinski definition) is 2. The molecule has 2 aromatic rings. The van der Waals surface area contributed by atoms with Crippen LogP contribution in [0.25, 0.3) is 0 Å². The Morgan fingerprint density at radius 3 is 2.14 bits per heavy atom. The summed E-state index contributed by atoms with van der Waals surface area (Å²) in [6.45, 7) is 0.439. The molecule has 0 saturated carbocycles. The van der Waals surface area contributed by atoms with E-state index in [1.54, 1.807) is 30.3 Å². The molecule has 0 atom stereocenters. The molecular formula is C16H14ClFN2O2. The third kappa shape index (κ3) is 4.30. The summed E-state index contributed by atoms with van der Waals surface area (Å²) in [5.74, 6) is -1.36. The second kappa shape index (κ2) is 7.56. The van der Waals surface area contributed by atoms with Gasteiger partial charge in [-0.3, -0.25) is 9.59 Å². The quantitative estimate of drug-likeness (QED) is 0.832. The molecule has 0 saturated heterocycles. The van der Waals surface area contributed by atoms with Crippen LogP contribution in [0.3, 0.4) is 0 Å². The third-order valence-electron chi connectivity index (χ3n) is 2.92. The van der Waals surface area contributed by atoms with Gasteiger partial charge in [0.15, 0.2) is 0 Å². The van der Waals surface area contributed by atoms with Crippen LogP contribution in [0.5, 0.6) is 0 Å². The van der Waals surface area contributed by atoms with E-state index in [2.05, 4.69) is 10.6 Å². The van der Waals surface area contributed by atoms with Crippen LogP contribution in [-0.2, 0) is 0 Å². The van der Waals surface area contributed by atoms with Gasteiger partial charge in [-0.15, -0.1) is 0 Å². The van der Waals surface area contributed by atoms with E-state index in [0.717, 1.165) is 0 Å². The number of amides is 2. The number of nitrogens with one attached hydrogen (secondary N) is 2. The van der Waals surface area contributed by atoms with E-state index < -0.39 is 11.7 Å². The molecule has 6 heteroatoms. The van der Waals surface area contributed by atoms with E-state index >= 15 is 0 Å². The first-order chi connectivity index (χ1) is 10.6. The Balaban J connectivity index is 1.77. The van der Waals surface area contributed by atoms with Gasteiger partial charge in [0.1, 0.15) is 5.82 Å². The molecule has 0 aliphatic rings. The van der Waals surface area contributed by atoms with E-state index in [4.69, 9.17) is 11.6 Å². The number of rotatable bonds is 5. The monoisotopic (exact) mass is 320 g/mol. The van der Waals surface area contributed by atoms with Crippen LogP contribution in [0.2, 0.25) is 5.02 Å². The Bertz CT molecular complexity index is 674. The lowest BCUT2D eigenvalue weighted by Crippen LogP contribution is -2.35. The minimum absolute atomic E-state index is 0.0217. The van der Waals surface area contributed by atoms with Crippen LogP contribution in [-0.4, -0.2) is 24.9 Å². The topological polar surface area (TPSA) is 58.2 Å². The van der Waals surface area contributed by atoms with E-state index in [1.807, 2.05) is 0 Å². The zero-order chi connectivity index (χ0) is 15.9. The summed E-state index contributed by atoms with van der Waals surface area (Å²) in [5, 5.41) is 5.74. The van der Waals surface area contributed by atoms with Crippen LogP contribution in [0, 0.1) is 5.82 Å². The Kier molecular flexibility index (Phi) is 5.49. The van der Waals surface area contributed by atoms with Crippen molar-refractivity contribution >= 4 is 23.4 Å². The lowest BCUT2D eigenvalue weighted by molar-refractivity contribution is 0.0925. The first-order valence-corrected chi connectivity index (χ1v) is 7.02. The second-order valence-electron chi connectivity index (χ2n) is 4.50. The Morgan fingerprint density at radius 2 is 1.50 bits per heavy atom. The van der Waals surface area contributed by atoms with E-state index in [0.29, 0.717) is 10.6 Å². The highest BCUT2D eigenvalue weighted by Crippen LogP contribution is 2.09. The van der Waals surface area contributed by atoms with Gasteiger partial charge in [-0.2, -0.15) is 0 Å². The molecule has 22 heavy (non-hydrogen) atoms. The van der Waals surface area contributed by atoms with Crippen LogP contribution in [0.1, 0.15) is 20.7 Å². The van der Waals surface area contributed by atoms with Crippen molar-refractivity contribution in [3.63, 3.8) is 0 Å². The Hall–Kier alpha value is -2.40. The summed E-state index contributed by atoms with van der Waals surface area (Å²) in [6.07, 6.45) is 0. The summed E-state index contributed by atoms with van der Waals surface area (Å²) >= 11 is 5.74. The van der Waals surface area contributed by atoms with Crippen molar-refractivity contribution < 1.29 is 14.0 Å². The first-order valence-electron chi connectivity index (χ1n) is 6.64. The molecule has 0 heterocycles. The van der Waals surface area contributed by atoms with E-state index in [-0.39, 0.29) is 24.6 Å². The van der Waals surface area contributed by atoms with Crippen molar-refractivity contribution in [3.05, 3.63) is 70.5 Å². The molecule has 0 radical (unpaired) electrons. The molecule has 0 aliphatic heterocycles. The van der Waals surface area contributed by atoms with Gasteiger partial charge >= 0.3 is 0 Å². The molecule has 0 unspecified atom stereocenters. The van der Waals surface area contributed by atoms with Crippen LogP contribution >= 0.6 is 11.6 Å². The normalized spacial score (nSPS) is 10.1. The highest BCUT2D eigenvalue weighted by Gasteiger charge is 2.10. The van der Waals surface area contributed by atoms with Crippen molar-refractivity contribution in [1.82, 2.24) is 10.6 Å². The average molecular weight is 321 g/mol. The Labute approximate surface area is 132 Å². The predicted molar refractivity (Wildman–Crippen MR) is 82.5 cm³/mol.